The fraction of sp³-hybridized carbons (Fsp3) is 0.591. The van der Waals surface area contributed by atoms with Crippen molar-refractivity contribution >= 4 is 23.9 Å². The summed E-state index contributed by atoms with van der Waals surface area (Å²) in [6.07, 6.45) is 10.9. The molecule has 4 heterocycles. The van der Waals surface area contributed by atoms with Crippen molar-refractivity contribution < 1.29 is 47.6 Å². The van der Waals surface area contributed by atoms with Gasteiger partial charge in [0.1, 0.15) is 11.5 Å². The van der Waals surface area contributed by atoms with Crippen LogP contribution in [0.4, 0.5) is 0 Å². The van der Waals surface area contributed by atoms with Crippen LogP contribution >= 0.6 is 0 Å². The highest BCUT2D eigenvalue weighted by atomic mass is 16.5. The number of aromatic nitrogens is 12. The maximum atomic E-state index is 12.6. The normalized spacial score (nSPS) is 11.3. The smallest absolute Gasteiger partial charge is 0.307 e. The van der Waals surface area contributed by atoms with Crippen LogP contribution in [0.2, 0.25) is 0 Å². The fourth-order valence-electron chi connectivity index (χ4n) is 6.66. The van der Waals surface area contributed by atoms with Crippen LogP contribution in [0, 0.1) is 0 Å². The molecule has 0 atom stereocenters. The summed E-state index contributed by atoms with van der Waals surface area (Å²) in [4.78, 5) is 54.3. The van der Waals surface area contributed by atoms with E-state index in [1.165, 1.54) is 0 Å². The highest BCUT2D eigenvalue weighted by molar-refractivity contribution is 5.71. The summed E-state index contributed by atoms with van der Waals surface area (Å²) in [5, 5.41) is 31.6. The summed E-state index contributed by atoms with van der Waals surface area (Å²) in [5.41, 5.74) is 2.95. The highest BCUT2D eigenvalue weighted by Gasteiger charge is 2.16. The molecular weight excluding hydrogens is 885 g/mol. The summed E-state index contributed by atoms with van der Waals surface area (Å²) in [6, 6.07) is 7.33. The van der Waals surface area contributed by atoms with E-state index in [2.05, 4.69) is 41.2 Å². The van der Waals surface area contributed by atoms with E-state index in [0.29, 0.717) is 103 Å². The Morgan fingerprint density at radius 1 is 0.412 bits per heavy atom. The Hall–Kier alpha value is -6.82. The molecule has 0 radical (unpaired) electrons. The summed E-state index contributed by atoms with van der Waals surface area (Å²) in [7, 11) is 7.10. The van der Waals surface area contributed by atoms with Crippen molar-refractivity contribution in [1.29, 1.82) is 0 Å². The third-order valence-electron chi connectivity index (χ3n) is 10.2. The molecule has 24 heteroatoms. The molecule has 0 aliphatic heterocycles. The molecule has 0 saturated carbocycles. The monoisotopic (exact) mass is 948 g/mol. The molecule has 0 spiro atoms. The number of ether oxygens (including phenoxy) is 6. The minimum absolute atomic E-state index is 0.157. The molecule has 0 saturated heterocycles. The predicted molar refractivity (Wildman–Crippen MR) is 241 cm³/mol. The molecule has 68 heavy (non-hydrogen) atoms. The zero-order valence-corrected chi connectivity index (χ0v) is 39.5. The number of hydrogen-bond acceptors (Lipinski definition) is 20. The number of carbonyl (C=O) groups excluding carboxylic acids is 4. The Labute approximate surface area is 395 Å². The fourth-order valence-corrected chi connectivity index (χ4v) is 6.66. The number of nitrogens with zero attached hydrogens (tertiary/aromatic N) is 14. The van der Waals surface area contributed by atoms with Crippen molar-refractivity contribution in [2.75, 3.05) is 78.9 Å². The van der Waals surface area contributed by atoms with E-state index < -0.39 is 0 Å². The Morgan fingerprint density at radius 2 is 0.676 bits per heavy atom. The standard InChI is InChI=1S/C44H64N14O10/c1-53-31-35(45-49-53)15-27-65-41(59)11-21-57(22-12-42(60)66-28-16-36-32-54(2)50-46-36)19-5-25-63-39-7-9-40(10-8-39)64-26-6-20-58(23-13-43(61)67-29-17-37-33-55(3)51-47-37)24-14-44(62)68-30-18-38-34-56(4)52-48-38/h7-10,31-34H,5-6,11-30H2,1-4H3. The Balaban J connectivity index is 1.00. The van der Waals surface area contributed by atoms with E-state index >= 15 is 0 Å². The van der Waals surface area contributed by atoms with Gasteiger partial charge in [-0.3, -0.25) is 37.9 Å². The lowest BCUT2D eigenvalue weighted by atomic mass is 10.3. The highest BCUT2D eigenvalue weighted by Crippen LogP contribution is 2.18. The second-order valence-electron chi connectivity index (χ2n) is 16.0. The van der Waals surface area contributed by atoms with Crippen molar-refractivity contribution in [2.45, 2.75) is 64.2 Å². The maximum Gasteiger partial charge on any atom is 0.307 e. The van der Waals surface area contributed by atoms with Gasteiger partial charge < -0.3 is 38.2 Å². The van der Waals surface area contributed by atoms with Gasteiger partial charge >= 0.3 is 23.9 Å². The van der Waals surface area contributed by atoms with E-state index in [1.807, 2.05) is 34.1 Å². The van der Waals surface area contributed by atoms with Gasteiger partial charge in [0.05, 0.1) is 88.1 Å². The first-order valence-electron chi connectivity index (χ1n) is 22.8. The van der Waals surface area contributed by atoms with Crippen molar-refractivity contribution in [3.8, 4) is 11.5 Å². The van der Waals surface area contributed by atoms with Crippen LogP contribution in [0.1, 0.15) is 61.3 Å². The largest absolute Gasteiger partial charge is 0.494 e. The number of hydrogen-bond donors (Lipinski definition) is 0. The number of aryl methyl sites for hydroxylation is 4. The molecule has 0 aliphatic rings. The van der Waals surface area contributed by atoms with E-state index in [-0.39, 0.29) is 76.0 Å². The zero-order chi connectivity index (χ0) is 48.4. The molecule has 24 nitrogen and oxygen atoms in total. The average molecular weight is 949 g/mol. The lowest BCUT2D eigenvalue weighted by molar-refractivity contribution is -0.145. The Kier molecular flexibility index (Phi) is 22.3. The third kappa shape index (κ3) is 21.2. The van der Waals surface area contributed by atoms with Crippen molar-refractivity contribution in [2.24, 2.45) is 28.2 Å². The van der Waals surface area contributed by atoms with Crippen LogP contribution in [0.25, 0.3) is 0 Å². The molecule has 0 fully saturated rings. The SMILES string of the molecule is Cn1cc(CCOC(=O)CCN(CCCOc2ccc(OCCCN(CCC(=O)OCCc3cn(C)nn3)CCC(=O)OCCc3cn(C)nn3)cc2)CCC(=O)OCCc2cn(C)nn2)nn1. The Bertz CT molecular complexity index is 1980. The van der Waals surface area contributed by atoms with Gasteiger partial charge in [-0.15, -0.1) is 20.4 Å². The van der Waals surface area contributed by atoms with Crippen molar-refractivity contribution in [3.63, 3.8) is 0 Å². The van der Waals surface area contributed by atoms with Gasteiger partial charge in [0.25, 0.3) is 0 Å². The molecule has 0 unspecified atom stereocenters. The molecule has 5 rings (SSSR count). The van der Waals surface area contributed by atoms with E-state index in [9.17, 15) is 19.2 Å². The molecule has 0 bridgehead atoms. The van der Waals surface area contributed by atoms with Gasteiger partial charge in [0.2, 0.25) is 0 Å². The number of carbonyl (C=O) groups is 4. The van der Waals surface area contributed by atoms with E-state index in [0.717, 1.165) is 22.8 Å². The van der Waals surface area contributed by atoms with Crippen LogP contribution in [-0.4, -0.2) is 173 Å². The Morgan fingerprint density at radius 3 is 0.912 bits per heavy atom. The van der Waals surface area contributed by atoms with E-state index in [1.54, 1.807) is 71.7 Å². The molecule has 4 aromatic heterocycles. The molecule has 1 aromatic carbocycles. The lowest BCUT2D eigenvalue weighted by Gasteiger charge is -2.22. The summed E-state index contributed by atoms with van der Waals surface area (Å²) in [5.74, 6) is -0.0200. The number of benzene rings is 1. The molecule has 0 aliphatic carbocycles. The molecule has 370 valence electrons. The molecule has 5 aromatic rings. The quantitative estimate of drug-likeness (QED) is 0.0317. The summed E-state index contributed by atoms with van der Waals surface area (Å²) < 4.78 is 40.1. The molecule has 0 amide bonds. The summed E-state index contributed by atoms with van der Waals surface area (Å²) in [6.45, 7) is 4.37. The second-order valence-corrected chi connectivity index (χ2v) is 16.0. The van der Waals surface area contributed by atoms with Gasteiger partial charge in [-0.2, -0.15) is 0 Å². The van der Waals surface area contributed by atoms with Gasteiger partial charge in [0.15, 0.2) is 0 Å². The zero-order valence-electron chi connectivity index (χ0n) is 39.5. The second kappa shape index (κ2) is 29.0. The number of rotatable bonds is 34. The van der Waals surface area contributed by atoms with Crippen molar-refractivity contribution in [1.82, 2.24) is 69.8 Å². The van der Waals surface area contributed by atoms with Gasteiger partial charge in [-0.1, -0.05) is 20.9 Å². The van der Waals surface area contributed by atoms with Crippen LogP contribution in [0.5, 0.6) is 11.5 Å². The molecular formula is C44H64N14O10. The topological polar surface area (TPSA) is 253 Å². The van der Waals surface area contributed by atoms with Crippen LogP contribution in [0.15, 0.2) is 49.1 Å². The first-order chi connectivity index (χ1) is 32.9. The van der Waals surface area contributed by atoms with Gasteiger partial charge in [-0.05, 0) is 37.1 Å². The summed E-state index contributed by atoms with van der Waals surface area (Å²) >= 11 is 0. The first-order valence-corrected chi connectivity index (χ1v) is 22.8. The predicted octanol–water partition coefficient (Wildman–Crippen LogP) is 1.05. The number of esters is 4. The van der Waals surface area contributed by atoms with Gasteiger partial charge in [-0.25, -0.2) is 0 Å². The van der Waals surface area contributed by atoms with Crippen LogP contribution < -0.4 is 9.47 Å². The van der Waals surface area contributed by atoms with E-state index in [4.69, 9.17) is 28.4 Å². The minimum atomic E-state index is -0.339. The minimum Gasteiger partial charge on any atom is -0.494 e. The lowest BCUT2D eigenvalue weighted by Crippen LogP contribution is -2.31. The van der Waals surface area contributed by atoms with Gasteiger partial charge in [0, 0.05) is 118 Å². The van der Waals surface area contributed by atoms with Crippen LogP contribution in [0.3, 0.4) is 0 Å². The molecule has 0 N–H and O–H groups in total. The third-order valence-corrected chi connectivity index (χ3v) is 10.2. The van der Waals surface area contributed by atoms with Crippen molar-refractivity contribution in [3.05, 3.63) is 71.8 Å². The van der Waals surface area contributed by atoms with Crippen LogP contribution in [-0.2, 0) is 92.0 Å². The first kappa shape index (κ1) is 52.2. The average Bonchev–Trinajstić information content (AvgIpc) is 4.14. The maximum absolute atomic E-state index is 12.6.